The lowest BCUT2D eigenvalue weighted by Gasteiger charge is -2.24. The van der Waals surface area contributed by atoms with Crippen molar-refractivity contribution in [2.24, 2.45) is 5.73 Å². The van der Waals surface area contributed by atoms with E-state index in [1.807, 2.05) is 24.3 Å². The van der Waals surface area contributed by atoms with Gasteiger partial charge in [-0.3, -0.25) is 0 Å². The number of thiocarbonyl (C=S) groups is 1. The van der Waals surface area contributed by atoms with Crippen molar-refractivity contribution in [2.75, 3.05) is 11.4 Å². The van der Waals surface area contributed by atoms with Crippen molar-refractivity contribution in [3.8, 4) is 0 Å². The summed E-state index contributed by atoms with van der Waals surface area (Å²) < 4.78 is 0. The van der Waals surface area contributed by atoms with Crippen molar-refractivity contribution < 1.29 is 0 Å². The molecule has 0 radical (unpaired) electrons. The molecule has 0 aliphatic heterocycles. The van der Waals surface area contributed by atoms with Crippen LogP contribution in [0.1, 0.15) is 12.0 Å². The Balaban J connectivity index is 2.12. The SMILES string of the molecule is NC(=S)CCN(Cc1ccccc1)c1ccccc1. The van der Waals surface area contributed by atoms with Crippen LogP contribution >= 0.6 is 12.2 Å². The van der Waals surface area contributed by atoms with E-state index in [0.717, 1.165) is 19.5 Å². The molecular formula is C16H18N2S. The molecule has 0 aliphatic carbocycles. The highest BCUT2D eigenvalue weighted by atomic mass is 32.1. The number of anilines is 1. The zero-order chi connectivity index (χ0) is 13.5. The third kappa shape index (κ3) is 4.38. The number of rotatable bonds is 6. The Labute approximate surface area is 119 Å². The molecule has 0 atom stereocenters. The van der Waals surface area contributed by atoms with E-state index < -0.39 is 0 Å². The largest absolute Gasteiger partial charge is 0.393 e. The Morgan fingerprint density at radius 1 is 0.947 bits per heavy atom. The molecule has 2 nitrogen and oxygen atoms in total. The van der Waals surface area contributed by atoms with Gasteiger partial charge in [0.15, 0.2) is 0 Å². The molecule has 2 aromatic rings. The summed E-state index contributed by atoms with van der Waals surface area (Å²) in [5.41, 5.74) is 8.10. The van der Waals surface area contributed by atoms with Crippen molar-refractivity contribution in [1.29, 1.82) is 0 Å². The van der Waals surface area contributed by atoms with Crippen molar-refractivity contribution in [3.05, 3.63) is 66.2 Å². The Morgan fingerprint density at radius 3 is 2.11 bits per heavy atom. The molecule has 0 heterocycles. The second-order valence-electron chi connectivity index (χ2n) is 4.46. The second kappa shape index (κ2) is 6.90. The van der Waals surface area contributed by atoms with Crippen molar-refractivity contribution in [2.45, 2.75) is 13.0 Å². The summed E-state index contributed by atoms with van der Waals surface area (Å²) in [6, 6.07) is 20.8. The molecule has 0 spiro atoms. The van der Waals surface area contributed by atoms with E-state index in [2.05, 4.69) is 41.3 Å². The van der Waals surface area contributed by atoms with Crippen LogP contribution in [0, 0.1) is 0 Å². The molecular weight excluding hydrogens is 252 g/mol. The van der Waals surface area contributed by atoms with Crippen LogP contribution < -0.4 is 10.6 Å². The van der Waals surface area contributed by atoms with E-state index in [0.29, 0.717) is 4.99 Å². The van der Waals surface area contributed by atoms with E-state index in [1.54, 1.807) is 0 Å². The molecule has 98 valence electrons. The maximum absolute atomic E-state index is 5.62. The van der Waals surface area contributed by atoms with Gasteiger partial charge in [0, 0.05) is 25.2 Å². The molecule has 0 aliphatic rings. The summed E-state index contributed by atoms with van der Waals surface area (Å²) in [5.74, 6) is 0. The van der Waals surface area contributed by atoms with Crippen LogP contribution in [0.3, 0.4) is 0 Å². The van der Waals surface area contributed by atoms with Gasteiger partial charge in [0.05, 0.1) is 4.99 Å². The smallest absolute Gasteiger partial charge is 0.0745 e. The molecule has 0 saturated carbocycles. The maximum Gasteiger partial charge on any atom is 0.0745 e. The van der Waals surface area contributed by atoms with E-state index in [4.69, 9.17) is 18.0 Å². The summed E-state index contributed by atoms with van der Waals surface area (Å²) in [6.45, 7) is 1.71. The first-order valence-electron chi connectivity index (χ1n) is 6.38. The minimum Gasteiger partial charge on any atom is -0.393 e. The van der Waals surface area contributed by atoms with Gasteiger partial charge in [-0.25, -0.2) is 0 Å². The second-order valence-corrected chi connectivity index (χ2v) is 4.98. The Kier molecular flexibility index (Phi) is 4.93. The molecule has 3 heteroatoms. The highest BCUT2D eigenvalue weighted by molar-refractivity contribution is 7.80. The zero-order valence-electron chi connectivity index (χ0n) is 10.8. The fraction of sp³-hybridized carbons (Fsp3) is 0.188. The third-order valence-corrected chi connectivity index (χ3v) is 3.17. The van der Waals surface area contributed by atoms with Gasteiger partial charge < -0.3 is 10.6 Å². The van der Waals surface area contributed by atoms with Gasteiger partial charge in [0.2, 0.25) is 0 Å². The number of benzene rings is 2. The minimum absolute atomic E-state index is 0.564. The quantitative estimate of drug-likeness (QED) is 0.816. The Hall–Kier alpha value is -1.87. The van der Waals surface area contributed by atoms with E-state index in [1.165, 1.54) is 11.3 Å². The van der Waals surface area contributed by atoms with Gasteiger partial charge in [-0.1, -0.05) is 60.7 Å². The lowest BCUT2D eigenvalue weighted by atomic mass is 10.2. The number of nitrogens with zero attached hydrogens (tertiary/aromatic N) is 1. The number of para-hydroxylation sites is 1. The van der Waals surface area contributed by atoms with Gasteiger partial charge in [-0.05, 0) is 17.7 Å². The molecule has 19 heavy (non-hydrogen) atoms. The number of nitrogens with two attached hydrogens (primary N) is 1. The lowest BCUT2D eigenvalue weighted by Crippen LogP contribution is -2.27. The zero-order valence-corrected chi connectivity index (χ0v) is 11.6. The van der Waals surface area contributed by atoms with E-state index in [9.17, 15) is 0 Å². The summed E-state index contributed by atoms with van der Waals surface area (Å²) in [7, 11) is 0. The van der Waals surface area contributed by atoms with Crippen LogP contribution in [0.5, 0.6) is 0 Å². The number of hydrogen-bond acceptors (Lipinski definition) is 2. The molecule has 0 unspecified atom stereocenters. The molecule has 2 rings (SSSR count). The van der Waals surface area contributed by atoms with Crippen LogP contribution in [0.25, 0.3) is 0 Å². The standard InChI is InChI=1S/C16H18N2S/c17-16(19)11-12-18(15-9-5-2-6-10-15)13-14-7-3-1-4-8-14/h1-10H,11-13H2,(H2,17,19). The summed E-state index contributed by atoms with van der Waals surface area (Å²) >= 11 is 4.98. The van der Waals surface area contributed by atoms with E-state index >= 15 is 0 Å². The van der Waals surface area contributed by atoms with Crippen LogP contribution in [0.4, 0.5) is 5.69 Å². The summed E-state index contributed by atoms with van der Waals surface area (Å²) in [6.07, 6.45) is 0.733. The van der Waals surface area contributed by atoms with Crippen LogP contribution in [0.15, 0.2) is 60.7 Å². The van der Waals surface area contributed by atoms with Crippen LogP contribution in [-0.4, -0.2) is 11.5 Å². The fourth-order valence-corrected chi connectivity index (χ4v) is 2.08. The molecule has 0 bridgehead atoms. The minimum atomic E-state index is 0.564. The summed E-state index contributed by atoms with van der Waals surface area (Å²) in [5, 5.41) is 0. The molecule has 0 saturated heterocycles. The Bertz CT molecular complexity index is 511. The highest BCUT2D eigenvalue weighted by Gasteiger charge is 2.07. The van der Waals surface area contributed by atoms with Gasteiger partial charge >= 0.3 is 0 Å². The lowest BCUT2D eigenvalue weighted by molar-refractivity contribution is 0.807. The van der Waals surface area contributed by atoms with Gasteiger partial charge in [-0.2, -0.15) is 0 Å². The fourth-order valence-electron chi connectivity index (χ4n) is 1.99. The molecule has 2 N–H and O–H groups in total. The first kappa shape index (κ1) is 13.6. The molecule has 0 aromatic heterocycles. The van der Waals surface area contributed by atoms with Crippen molar-refractivity contribution >= 4 is 22.9 Å². The summed E-state index contributed by atoms with van der Waals surface area (Å²) in [4.78, 5) is 2.86. The topological polar surface area (TPSA) is 29.3 Å². The highest BCUT2D eigenvalue weighted by Crippen LogP contribution is 2.17. The normalized spacial score (nSPS) is 10.1. The predicted molar refractivity (Wildman–Crippen MR) is 85.3 cm³/mol. The van der Waals surface area contributed by atoms with Crippen LogP contribution in [-0.2, 0) is 6.54 Å². The Morgan fingerprint density at radius 2 is 1.53 bits per heavy atom. The van der Waals surface area contributed by atoms with Crippen LogP contribution in [0.2, 0.25) is 0 Å². The molecule has 0 fully saturated rings. The molecule has 2 aromatic carbocycles. The van der Waals surface area contributed by atoms with Crippen molar-refractivity contribution in [3.63, 3.8) is 0 Å². The third-order valence-electron chi connectivity index (χ3n) is 2.97. The maximum atomic E-state index is 5.62. The first-order valence-corrected chi connectivity index (χ1v) is 6.79. The molecule has 0 amide bonds. The van der Waals surface area contributed by atoms with E-state index in [-0.39, 0.29) is 0 Å². The van der Waals surface area contributed by atoms with Gasteiger partial charge in [0.1, 0.15) is 0 Å². The average molecular weight is 270 g/mol. The predicted octanol–water partition coefficient (Wildman–Crippen LogP) is 3.37. The van der Waals surface area contributed by atoms with Crippen molar-refractivity contribution in [1.82, 2.24) is 0 Å². The van der Waals surface area contributed by atoms with Gasteiger partial charge in [-0.15, -0.1) is 0 Å². The monoisotopic (exact) mass is 270 g/mol. The average Bonchev–Trinajstić information content (AvgIpc) is 2.45. The van der Waals surface area contributed by atoms with Gasteiger partial charge in [0.25, 0.3) is 0 Å². The number of hydrogen-bond donors (Lipinski definition) is 1. The first-order chi connectivity index (χ1) is 9.25.